The molecule has 0 aliphatic heterocycles. The average molecular weight is 403 g/mol. The van der Waals surface area contributed by atoms with Gasteiger partial charge in [0, 0.05) is 11.8 Å². The van der Waals surface area contributed by atoms with Gasteiger partial charge in [-0.3, -0.25) is 4.79 Å². The second kappa shape index (κ2) is 8.00. The van der Waals surface area contributed by atoms with Crippen molar-refractivity contribution >= 4 is 5.78 Å². The molecule has 31 heavy (non-hydrogen) atoms. The van der Waals surface area contributed by atoms with E-state index in [1.54, 1.807) is 0 Å². The summed E-state index contributed by atoms with van der Waals surface area (Å²) in [5.41, 5.74) is 3.24. The van der Waals surface area contributed by atoms with Crippen molar-refractivity contribution in [3.8, 4) is 0 Å². The van der Waals surface area contributed by atoms with Gasteiger partial charge in [-0.05, 0) is 35.1 Å². The summed E-state index contributed by atoms with van der Waals surface area (Å²) >= 11 is 0. The molecular weight excluding hydrogens is 376 g/mol. The topological polar surface area (TPSA) is 17.1 Å². The lowest BCUT2D eigenvalue weighted by atomic mass is 9.46. The first-order valence-electron chi connectivity index (χ1n) is 11.1. The third kappa shape index (κ3) is 2.88. The van der Waals surface area contributed by atoms with Crippen molar-refractivity contribution in [2.75, 3.05) is 0 Å². The molecule has 0 radical (unpaired) electrons. The maximum atomic E-state index is 14.3. The summed E-state index contributed by atoms with van der Waals surface area (Å²) in [6.45, 7) is 0. The van der Waals surface area contributed by atoms with E-state index >= 15 is 0 Å². The maximum absolute atomic E-state index is 14.3. The zero-order chi connectivity index (χ0) is 21.2. The van der Waals surface area contributed by atoms with Gasteiger partial charge in [-0.15, -0.1) is 0 Å². The smallest absolute Gasteiger partial charge is 0.149 e. The molecule has 0 unspecified atom stereocenters. The number of carbonyl (C=O) groups excluding carboxylic acids is 1. The molecule has 0 heterocycles. The Labute approximate surface area is 184 Å². The van der Waals surface area contributed by atoms with Crippen LogP contribution in [0.15, 0.2) is 121 Å². The van der Waals surface area contributed by atoms with Gasteiger partial charge in [-0.1, -0.05) is 121 Å². The molecule has 0 bridgehead atoms. The van der Waals surface area contributed by atoms with Gasteiger partial charge < -0.3 is 0 Å². The van der Waals surface area contributed by atoms with Crippen LogP contribution in [0.25, 0.3) is 0 Å². The third-order valence-corrected chi connectivity index (χ3v) is 6.96. The first-order valence-corrected chi connectivity index (χ1v) is 11.1. The van der Waals surface area contributed by atoms with Crippen molar-refractivity contribution in [2.24, 2.45) is 0 Å². The van der Waals surface area contributed by atoms with Gasteiger partial charge in [0.2, 0.25) is 0 Å². The molecule has 1 heteroatoms. The van der Waals surface area contributed by atoms with E-state index in [1.165, 1.54) is 11.1 Å². The van der Waals surface area contributed by atoms with Crippen molar-refractivity contribution in [1.82, 2.24) is 0 Å². The minimum Gasteiger partial charge on any atom is -0.298 e. The molecule has 1 fully saturated rings. The minimum atomic E-state index is -0.795. The van der Waals surface area contributed by atoms with Gasteiger partial charge in [0.15, 0.2) is 0 Å². The first kappa shape index (κ1) is 19.5. The third-order valence-electron chi connectivity index (χ3n) is 6.96. The molecule has 4 aromatic carbocycles. The molecule has 0 N–H and O–H groups in total. The Bertz CT molecular complexity index is 1070. The fourth-order valence-corrected chi connectivity index (χ4v) is 5.82. The van der Waals surface area contributed by atoms with Crippen molar-refractivity contribution < 1.29 is 4.79 Å². The van der Waals surface area contributed by atoms with E-state index in [2.05, 4.69) is 109 Å². The molecule has 0 amide bonds. The molecule has 1 nitrogen and oxygen atoms in total. The summed E-state index contributed by atoms with van der Waals surface area (Å²) < 4.78 is 0. The van der Waals surface area contributed by atoms with Crippen molar-refractivity contribution in [3.05, 3.63) is 144 Å². The van der Waals surface area contributed by atoms with E-state index in [-0.39, 0.29) is 0 Å². The predicted molar refractivity (Wildman–Crippen MR) is 126 cm³/mol. The molecule has 0 atom stereocenters. The Kier molecular flexibility index (Phi) is 5.03. The molecule has 1 aliphatic rings. The quantitative estimate of drug-likeness (QED) is 0.371. The summed E-state index contributed by atoms with van der Waals surface area (Å²) in [6.07, 6.45) is 2.38. The molecule has 0 aromatic heterocycles. The summed E-state index contributed by atoms with van der Waals surface area (Å²) in [7, 11) is 0. The van der Waals surface area contributed by atoms with Crippen LogP contribution in [0.4, 0.5) is 0 Å². The highest BCUT2D eigenvalue weighted by Crippen LogP contribution is 2.58. The van der Waals surface area contributed by atoms with Gasteiger partial charge in [0.1, 0.15) is 5.78 Å². The van der Waals surface area contributed by atoms with Crippen LogP contribution in [0, 0.1) is 0 Å². The molecule has 1 saturated carbocycles. The second-order valence-corrected chi connectivity index (χ2v) is 8.40. The fraction of sp³-hybridized carbons (Fsp3) is 0.167. The largest absolute Gasteiger partial charge is 0.298 e. The molecule has 4 aromatic rings. The average Bonchev–Trinajstić information content (AvgIpc) is 2.86. The summed E-state index contributed by atoms with van der Waals surface area (Å²) in [4.78, 5) is 14.3. The zero-order valence-corrected chi connectivity index (χ0v) is 17.6. The number of hydrogen-bond acceptors (Lipinski definition) is 1. The summed E-state index contributed by atoms with van der Waals surface area (Å²) in [5.74, 6) is 0.295. The SMILES string of the molecule is O=C1CCCC(c2ccccc2)(c2ccccc2)C1(c1ccccc1)c1ccccc1. The van der Waals surface area contributed by atoms with Crippen molar-refractivity contribution in [2.45, 2.75) is 30.1 Å². The van der Waals surface area contributed by atoms with E-state index in [0.29, 0.717) is 12.2 Å². The summed E-state index contributed by atoms with van der Waals surface area (Å²) in [6, 6.07) is 42.1. The predicted octanol–water partition coefficient (Wildman–Crippen LogP) is 6.71. The second-order valence-electron chi connectivity index (χ2n) is 8.40. The van der Waals surface area contributed by atoms with Gasteiger partial charge in [0.25, 0.3) is 0 Å². The lowest BCUT2D eigenvalue weighted by molar-refractivity contribution is -0.127. The Morgan fingerprint density at radius 1 is 0.484 bits per heavy atom. The summed E-state index contributed by atoms with van der Waals surface area (Å²) in [5, 5.41) is 0. The number of carbonyl (C=O) groups is 1. The number of Topliss-reactive ketones (excluding diaryl/α,β-unsaturated/α-hetero) is 1. The van der Waals surface area contributed by atoms with Crippen LogP contribution in [0.5, 0.6) is 0 Å². The monoisotopic (exact) mass is 402 g/mol. The number of rotatable bonds is 4. The zero-order valence-electron chi connectivity index (χ0n) is 17.6. The lowest BCUT2D eigenvalue weighted by Crippen LogP contribution is -2.58. The van der Waals surface area contributed by atoms with Crippen LogP contribution in [0.1, 0.15) is 41.5 Å². The van der Waals surface area contributed by atoms with Crippen LogP contribution in [0.3, 0.4) is 0 Å². The van der Waals surface area contributed by atoms with Crippen LogP contribution < -0.4 is 0 Å². The van der Waals surface area contributed by atoms with E-state index in [1.807, 2.05) is 12.1 Å². The van der Waals surface area contributed by atoms with Gasteiger partial charge in [0.05, 0.1) is 5.41 Å². The van der Waals surface area contributed by atoms with E-state index in [4.69, 9.17) is 0 Å². The van der Waals surface area contributed by atoms with Gasteiger partial charge in [-0.25, -0.2) is 0 Å². The molecular formula is C30H26O. The molecule has 152 valence electrons. The molecule has 1 aliphatic carbocycles. The number of hydrogen-bond donors (Lipinski definition) is 0. The highest BCUT2D eigenvalue weighted by atomic mass is 16.1. The fourth-order valence-electron chi connectivity index (χ4n) is 5.82. The highest BCUT2D eigenvalue weighted by molar-refractivity contribution is 5.98. The van der Waals surface area contributed by atoms with Crippen LogP contribution in [-0.4, -0.2) is 5.78 Å². The van der Waals surface area contributed by atoms with Gasteiger partial charge in [-0.2, -0.15) is 0 Å². The maximum Gasteiger partial charge on any atom is 0.149 e. The Morgan fingerprint density at radius 2 is 0.839 bits per heavy atom. The van der Waals surface area contributed by atoms with Crippen molar-refractivity contribution in [3.63, 3.8) is 0 Å². The normalized spacial score (nSPS) is 17.2. The molecule has 0 saturated heterocycles. The van der Waals surface area contributed by atoms with Crippen LogP contribution >= 0.6 is 0 Å². The molecule has 5 rings (SSSR count). The lowest BCUT2D eigenvalue weighted by Gasteiger charge is -2.54. The standard InChI is InChI=1S/C30H26O/c31-28-22-13-23-29(24-14-5-1-6-15-24,25-16-7-2-8-17-25)30(28,26-18-9-3-10-19-26)27-20-11-4-12-21-27/h1-12,14-21H,13,22-23H2. The minimum absolute atomic E-state index is 0.295. The van der Waals surface area contributed by atoms with E-state index in [9.17, 15) is 4.79 Å². The Hall–Kier alpha value is -3.45. The molecule has 0 spiro atoms. The van der Waals surface area contributed by atoms with Crippen molar-refractivity contribution in [1.29, 1.82) is 0 Å². The number of ketones is 1. The van der Waals surface area contributed by atoms with Crippen LogP contribution in [0.2, 0.25) is 0 Å². The number of benzene rings is 4. The van der Waals surface area contributed by atoms with E-state index < -0.39 is 10.8 Å². The highest BCUT2D eigenvalue weighted by Gasteiger charge is 2.60. The van der Waals surface area contributed by atoms with E-state index in [0.717, 1.165) is 24.0 Å². The Balaban J connectivity index is 1.97. The first-order chi connectivity index (χ1) is 15.3. The Morgan fingerprint density at radius 3 is 1.23 bits per heavy atom. The van der Waals surface area contributed by atoms with Gasteiger partial charge >= 0.3 is 0 Å². The van der Waals surface area contributed by atoms with Crippen LogP contribution in [-0.2, 0) is 15.6 Å².